The van der Waals surface area contributed by atoms with Crippen LogP contribution in [0.1, 0.15) is 114 Å². The van der Waals surface area contributed by atoms with Gasteiger partial charge in [-0.05, 0) is 104 Å². The van der Waals surface area contributed by atoms with Gasteiger partial charge in [0.2, 0.25) is 0 Å². The van der Waals surface area contributed by atoms with Gasteiger partial charge in [-0.2, -0.15) is 0 Å². The molecule has 0 unspecified atom stereocenters. The SMILES string of the molecule is CCC(CC)(CO[C@H]1[C@H](OC)C[C@]2(C)COC[C@@]13C1=CC[C@@]4(C)[C@H](C(=O)O)[C@@](C)([C@H](C)C(C)C)CC[C@]4(C)[C@H]1CC[C@H]23)NC. The Kier molecular flexibility index (Phi) is 9.09. The van der Waals surface area contributed by atoms with E-state index in [1.807, 2.05) is 7.11 Å². The molecule has 5 rings (SSSR count). The van der Waals surface area contributed by atoms with E-state index in [0.29, 0.717) is 36.9 Å². The third-order valence-electron chi connectivity index (χ3n) is 15.7. The van der Waals surface area contributed by atoms with Crippen molar-refractivity contribution in [3.63, 3.8) is 0 Å². The molecule has 0 radical (unpaired) electrons. The van der Waals surface area contributed by atoms with Crippen LogP contribution in [0.3, 0.4) is 0 Å². The van der Waals surface area contributed by atoms with Gasteiger partial charge < -0.3 is 24.6 Å². The molecule has 1 saturated heterocycles. The van der Waals surface area contributed by atoms with Crippen LogP contribution in [0.15, 0.2) is 11.6 Å². The molecule has 0 aromatic rings. The molecule has 0 aromatic carbocycles. The Morgan fingerprint density at radius 3 is 2.34 bits per heavy atom. The van der Waals surface area contributed by atoms with Crippen molar-refractivity contribution in [2.24, 2.45) is 56.7 Å². The molecule has 4 aliphatic carbocycles. The number of carboxylic acids is 1. The predicted molar refractivity (Wildman–Crippen MR) is 176 cm³/mol. The van der Waals surface area contributed by atoms with E-state index in [-0.39, 0.29) is 50.7 Å². The number of carboxylic acid groups (broad SMARTS) is 1. The number of ether oxygens (including phenoxy) is 3. The topological polar surface area (TPSA) is 77.0 Å². The molecule has 2 bridgehead atoms. The maximum absolute atomic E-state index is 13.4. The van der Waals surface area contributed by atoms with Gasteiger partial charge in [-0.15, -0.1) is 0 Å². The summed E-state index contributed by atoms with van der Waals surface area (Å²) in [5, 5.41) is 14.6. The summed E-state index contributed by atoms with van der Waals surface area (Å²) < 4.78 is 20.2. The molecule has 4 fully saturated rings. The van der Waals surface area contributed by atoms with Crippen LogP contribution in [-0.2, 0) is 19.0 Å². The van der Waals surface area contributed by atoms with Gasteiger partial charge in [0.25, 0.3) is 0 Å². The molecule has 5 aliphatic rings. The van der Waals surface area contributed by atoms with Gasteiger partial charge in [-0.1, -0.05) is 74.0 Å². The second kappa shape index (κ2) is 11.6. The minimum atomic E-state index is -0.605. The molecule has 1 aliphatic heterocycles. The van der Waals surface area contributed by atoms with Crippen molar-refractivity contribution < 1.29 is 24.1 Å². The number of fused-ring (bicyclic) bond motifs is 3. The predicted octanol–water partition coefficient (Wildman–Crippen LogP) is 7.75. The lowest BCUT2D eigenvalue weighted by molar-refractivity contribution is -0.271. The average Bonchev–Trinajstić information content (AvgIpc) is 2.98. The Balaban J connectivity index is 1.64. The zero-order valence-corrected chi connectivity index (χ0v) is 30.0. The highest BCUT2D eigenvalue weighted by atomic mass is 16.5. The summed E-state index contributed by atoms with van der Waals surface area (Å²) in [6.07, 6.45) is 10.5. The van der Waals surface area contributed by atoms with Crippen LogP contribution >= 0.6 is 0 Å². The number of likely N-dealkylation sites (N-methyl/N-ethyl adjacent to an activating group) is 1. The van der Waals surface area contributed by atoms with E-state index < -0.39 is 5.97 Å². The zero-order chi connectivity index (χ0) is 32.5. The number of carbonyl (C=O) groups is 1. The smallest absolute Gasteiger partial charge is 0.307 e. The number of nitrogens with one attached hydrogen (secondary N) is 1. The largest absolute Gasteiger partial charge is 0.481 e. The summed E-state index contributed by atoms with van der Waals surface area (Å²) in [5.41, 5.74) is 0.526. The lowest BCUT2D eigenvalue weighted by Crippen LogP contribution is -2.71. The third-order valence-corrected chi connectivity index (χ3v) is 15.7. The molecular weight excluding hydrogens is 550 g/mol. The second-order valence-electron chi connectivity index (χ2n) is 17.3. The van der Waals surface area contributed by atoms with E-state index in [1.165, 1.54) is 5.57 Å². The molecule has 1 heterocycles. The minimum absolute atomic E-state index is 0.00232. The standard InChI is InChI=1S/C38H65NO5/c1-12-37(13-2,39-10)22-44-31-28(42-11)20-33(6)21-43-23-38(31)27-16-17-36(9)30(32(40)41)34(7,25(5)24(3)4)18-19-35(36,8)26(27)14-15-29(33)38/h16,24-26,28-31,39H,12-15,17-23H2,1-11H3,(H,40,41)/t25-,26+,28-,29-,30-,31+,33-,34-,35-,36+,38+/m1/s1. The second-order valence-corrected chi connectivity index (χ2v) is 17.3. The summed E-state index contributed by atoms with van der Waals surface area (Å²) in [7, 11) is 3.93. The average molecular weight is 616 g/mol. The van der Waals surface area contributed by atoms with Gasteiger partial charge in [-0.3, -0.25) is 4.79 Å². The Morgan fingerprint density at radius 1 is 1.09 bits per heavy atom. The number of hydrogen-bond acceptors (Lipinski definition) is 5. The minimum Gasteiger partial charge on any atom is -0.481 e. The van der Waals surface area contributed by atoms with Crippen molar-refractivity contribution in [2.75, 3.05) is 34.0 Å². The van der Waals surface area contributed by atoms with Gasteiger partial charge in [0.1, 0.15) is 0 Å². The number of allylic oxidation sites excluding steroid dienone is 1. The van der Waals surface area contributed by atoms with Crippen molar-refractivity contribution in [3.05, 3.63) is 11.6 Å². The van der Waals surface area contributed by atoms with E-state index in [4.69, 9.17) is 14.2 Å². The van der Waals surface area contributed by atoms with Crippen LogP contribution in [0.4, 0.5) is 0 Å². The Morgan fingerprint density at radius 2 is 1.77 bits per heavy atom. The fourth-order valence-corrected chi connectivity index (χ4v) is 12.2. The monoisotopic (exact) mass is 615 g/mol. The van der Waals surface area contributed by atoms with Crippen LogP contribution in [0.2, 0.25) is 0 Å². The third kappa shape index (κ3) is 4.57. The first-order chi connectivity index (χ1) is 20.6. The molecule has 0 spiro atoms. The Hall–Kier alpha value is -0.950. The van der Waals surface area contributed by atoms with Crippen molar-refractivity contribution in [1.82, 2.24) is 5.32 Å². The molecule has 6 nitrogen and oxygen atoms in total. The van der Waals surface area contributed by atoms with Gasteiger partial charge in [0.15, 0.2) is 0 Å². The molecule has 0 aromatic heterocycles. The van der Waals surface area contributed by atoms with Gasteiger partial charge >= 0.3 is 5.97 Å². The van der Waals surface area contributed by atoms with Crippen molar-refractivity contribution in [2.45, 2.75) is 131 Å². The lowest BCUT2D eigenvalue weighted by atomic mass is 9.34. The molecule has 6 heteroatoms. The highest BCUT2D eigenvalue weighted by molar-refractivity contribution is 5.73. The normalized spacial score (nSPS) is 46.0. The number of rotatable bonds is 10. The maximum Gasteiger partial charge on any atom is 0.307 e. The van der Waals surface area contributed by atoms with Crippen LogP contribution in [-0.4, -0.2) is 62.8 Å². The van der Waals surface area contributed by atoms with Gasteiger partial charge in [0.05, 0.1) is 37.9 Å². The van der Waals surface area contributed by atoms with Crippen LogP contribution in [0.5, 0.6) is 0 Å². The summed E-state index contributed by atoms with van der Waals surface area (Å²) in [4.78, 5) is 13.4. The molecule has 2 N–H and O–H groups in total. The van der Waals surface area contributed by atoms with Gasteiger partial charge in [0, 0.05) is 18.1 Å². The first kappa shape index (κ1) is 34.4. The van der Waals surface area contributed by atoms with E-state index in [0.717, 1.165) is 58.0 Å². The van der Waals surface area contributed by atoms with E-state index >= 15 is 0 Å². The van der Waals surface area contributed by atoms with Gasteiger partial charge in [-0.25, -0.2) is 0 Å². The maximum atomic E-state index is 13.4. The Labute approximate surface area is 268 Å². The van der Waals surface area contributed by atoms with Crippen molar-refractivity contribution in [1.29, 1.82) is 0 Å². The molecule has 11 atom stereocenters. The van der Waals surface area contributed by atoms with E-state index in [9.17, 15) is 9.90 Å². The summed E-state index contributed by atoms with van der Waals surface area (Å²) in [6, 6.07) is 0. The van der Waals surface area contributed by atoms with Crippen LogP contribution < -0.4 is 5.32 Å². The molecular formula is C38H65NO5. The van der Waals surface area contributed by atoms with Crippen LogP contribution in [0, 0.1) is 56.7 Å². The van der Waals surface area contributed by atoms with Crippen molar-refractivity contribution >= 4 is 5.97 Å². The number of methoxy groups -OCH3 is 1. The number of hydrogen-bond donors (Lipinski definition) is 2. The van der Waals surface area contributed by atoms with Crippen molar-refractivity contribution in [3.8, 4) is 0 Å². The Bertz CT molecular complexity index is 1110. The first-order valence-corrected chi connectivity index (χ1v) is 17.9. The first-order valence-electron chi connectivity index (χ1n) is 17.9. The summed E-state index contributed by atoms with van der Waals surface area (Å²) in [5.74, 6) is 0.567. The molecule has 3 saturated carbocycles. The zero-order valence-electron chi connectivity index (χ0n) is 30.0. The summed E-state index contributed by atoms with van der Waals surface area (Å²) >= 11 is 0. The molecule has 44 heavy (non-hydrogen) atoms. The highest BCUT2D eigenvalue weighted by Gasteiger charge is 2.72. The number of aliphatic carboxylic acids is 1. The fourth-order valence-electron chi connectivity index (χ4n) is 12.2. The highest BCUT2D eigenvalue weighted by Crippen LogP contribution is 2.75. The fraction of sp³-hybridized carbons (Fsp3) is 0.921. The lowest BCUT2D eigenvalue weighted by Gasteiger charge is -2.71. The quantitative estimate of drug-likeness (QED) is 0.245. The van der Waals surface area contributed by atoms with E-state index in [1.54, 1.807) is 0 Å². The summed E-state index contributed by atoms with van der Waals surface area (Å²) in [6.45, 7) is 22.9. The molecule has 252 valence electrons. The van der Waals surface area contributed by atoms with E-state index in [2.05, 4.69) is 80.8 Å². The van der Waals surface area contributed by atoms with Crippen LogP contribution in [0.25, 0.3) is 0 Å². The molecule has 0 amide bonds.